The molecule has 0 aliphatic heterocycles. The van der Waals surface area contributed by atoms with E-state index in [4.69, 9.17) is 0 Å². The molecule has 0 aromatic heterocycles. The molecule has 2 rings (SSSR count). The second kappa shape index (κ2) is 4.61. The minimum Gasteiger partial charge on any atom is -0.393 e. The van der Waals surface area contributed by atoms with Gasteiger partial charge in [0.05, 0.1) is 6.10 Å². The normalized spacial score (nSPS) is 26.7. The molecule has 0 heterocycles. The summed E-state index contributed by atoms with van der Waals surface area (Å²) in [5.74, 6) is 0.173. The Bertz CT molecular complexity index is 358. The van der Waals surface area contributed by atoms with Crippen molar-refractivity contribution in [2.24, 2.45) is 0 Å². The minimum absolute atomic E-state index is 0.0919. The number of rotatable bonds is 1. The van der Waals surface area contributed by atoms with Crippen molar-refractivity contribution in [1.29, 1.82) is 0 Å². The van der Waals surface area contributed by atoms with E-state index >= 15 is 0 Å². The maximum Gasteiger partial charge on any atom is 0.140 e. The van der Waals surface area contributed by atoms with Crippen molar-refractivity contribution >= 4 is 28.4 Å². The molecular weight excluding hydrogens is 303 g/mol. The Labute approximate surface area is 103 Å². The van der Waals surface area contributed by atoms with Gasteiger partial charge in [-0.15, -0.1) is 0 Å². The number of ketones is 1. The van der Waals surface area contributed by atoms with Crippen LogP contribution < -0.4 is 0 Å². The van der Waals surface area contributed by atoms with Gasteiger partial charge >= 0.3 is 0 Å². The Balaban J connectivity index is 2.21. The molecule has 2 nitrogen and oxygen atoms in total. The maximum atomic E-state index is 11.7. The van der Waals surface area contributed by atoms with E-state index in [2.05, 4.69) is 22.6 Å². The lowest BCUT2D eigenvalue weighted by atomic mass is 9.81. The smallest absolute Gasteiger partial charge is 0.140 e. The number of Topliss-reactive ketones (excluding diaryl/α,β-unsaturated/α-hetero) is 1. The Morgan fingerprint density at radius 3 is 2.60 bits per heavy atom. The van der Waals surface area contributed by atoms with E-state index in [-0.39, 0.29) is 17.8 Å². The molecule has 15 heavy (non-hydrogen) atoms. The first-order chi connectivity index (χ1) is 7.16. The predicted octanol–water partition coefficient (Wildman–Crippen LogP) is 2.49. The lowest BCUT2D eigenvalue weighted by molar-refractivity contribution is -0.123. The highest BCUT2D eigenvalue weighted by Gasteiger charge is 2.28. The van der Waals surface area contributed by atoms with Crippen LogP contribution in [0, 0.1) is 3.57 Å². The molecule has 2 atom stereocenters. The third-order valence-electron chi connectivity index (χ3n) is 2.89. The highest BCUT2D eigenvalue weighted by molar-refractivity contribution is 14.1. The van der Waals surface area contributed by atoms with Crippen LogP contribution in [0.1, 0.15) is 30.7 Å². The number of aliphatic hydroxyl groups is 1. The highest BCUT2D eigenvalue weighted by Crippen LogP contribution is 2.30. The van der Waals surface area contributed by atoms with Crippen LogP contribution >= 0.6 is 22.6 Å². The van der Waals surface area contributed by atoms with Crippen molar-refractivity contribution in [3.8, 4) is 0 Å². The van der Waals surface area contributed by atoms with Gasteiger partial charge in [-0.25, -0.2) is 0 Å². The Morgan fingerprint density at radius 2 is 1.93 bits per heavy atom. The predicted molar refractivity (Wildman–Crippen MR) is 66.8 cm³/mol. The largest absolute Gasteiger partial charge is 0.393 e. The number of hydrogen-bond donors (Lipinski definition) is 1. The van der Waals surface area contributed by atoms with Crippen LogP contribution in [0.2, 0.25) is 0 Å². The summed E-state index contributed by atoms with van der Waals surface area (Å²) in [5.41, 5.74) is 1.04. The average molecular weight is 316 g/mol. The third kappa shape index (κ3) is 2.58. The van der Waals surface area contributed by atoms with Crippen LogP contribution in [0.5, 0.6) is 0 Å². The van der Waals surface area contributed by atoms with Crippen molar-refractivity contribution in [3.63, 3.8) is 0 Å². The topological polar surface area (TPSA) is 37.3 Å². The fourth-order valence-electron chi connectivity index (χ4n) is 2.02. The monoisotopic (exact) mass is 316 g/mol. The molecule has 0 amide bonds. The number of carbonyl (C=O) groups excluding carboxylic acids is 1. The van der Waals surface area contributed by atoms with Crippen LogP contribution in [-0.2, 0) is 4.79 Å². The summed E-state index contributed by atoms with van der Waals surface area (Å²) >= 11 is 2.24. The quantitative estimate of drug-likeness (QED) is 0.808. The van der Waals surface area contributed by atoms with Crippen molar-refractivity contribution in [2.45, 2.75) is 31.3 Å². The molecule has 1 saturated carbocycles. The van der Waals surface area contributed by atoms with Crippen molar-refractivity contribution in [3.05, 3.63) is 33.4 Å². The van der Waals surface area contributed by atoms with Crippen molar-refractivity contribution < 1.29 is 9.90 Å². The van der Waals surface area contributed by atoms with Crippen molar-refractivity contribution in [2.75, 3.05) is 0 Å². The summed E-state index contributed by atoms with van der Waals surface area (Å²) in [5, 5.41) is 9.56. The molecule has 0 saturated heterocycles. The van der Waals surface area contributed by atoms with Gasteiger partial charge in [-0.3, -0.25) is 4.79 Å². The van der Waals surface area contributed by atoms with Crippen molar-refractivity contribution in [1.82, 2.24) is 0 Å². The zero-order chi connectivity index (χ0) is 10.8. The van der Waals surface area contributed by atoms with Gasteiger partial charge in [-0.2, -0.15) is 0 Å². The molecule has 1 aliphatic rings. The summed E-state index contributed by atoms with van der Waals surface area (Å²) in [4.78, 5) is 11.7. The summed E-state index contributed by atoms with van der Waals surface area (Å²) in [6.45, 7) is 0. The van der Waals surface area contributed by atoms with E-state index in [9.17, 15) is 9.90 Å². The zero-order valence-corrected chi connectivity index (χ0v) is 10.5. The standard InChI is InChI=1S/C12H13IO2/c13-9-3-1-8(2-4-9)11-7-10(14)5-6-12(11)15/h1-4,10-11,14H,5-7H2. The van der Waals surface area contributed by atoms with Crippen LogP contribution in [-0.4, -0.2) is 17.0 Å². The molecule has 0 spiro atoms. The van der Waals surface area contributed by atoms with E-state index in [1.807, 2.05) is 24.3 Å². The average Bonchev–Trinajstić information content (AvgIpc) is 2.23. The van der Waals surface area contributed by atoms with Gasteiger partial charge in [-0.05, 0) is 53.1 Å². The van der Waals surface area contributed by atoms with Crippen LogP contribution in [0.15, 0.2) is 24.3 Å². The van der Waals surface area contributed by atoms with Crippen LogP contribution in [0.25, 0.3) is 0 Å². The molecule has 0 bridgehead atoms. The number of benzene rings is 1. The van der Waals surface area contributed by atoms with Crippen LogP contribution in [0.4, 0.5) is 0 Å². The van der Waals surface area contributed by atoms with Crippen LogP contribution in [0.3, 0.4) is 0 Å². The summed E-state index contributed by atoms with van der Waals surface area (Å²) in [6, 6.07) is 7.99. The SMILES string of the molecule is O=C1CCC(O)CC1c1ccc(I)cc1. The molecule has 1 aliphatic carbocycles. The molecule has 80 valence electrons. The Hall–Kier alpha value is -0.420. The highest BCUT2D eigenvalue weighted by atomic mass is 127. The lowest BCUT2D eigenvalue weighted by Gasteiger charge is -2.24. The molecule has 3 heteroatoms. The molecule has 1 aromatic rings. The molecule has 1 aromatic carbocycles. The number of halogens is 1. The van der Waals surface area contributed by atoms with Gasteiger partial charge in [0.25, 0.3) is 0 Å². The fraction of sp³-hybridized carbons (Fsp3) is 0.417. The molecule has 2 unspecified atom stereocenters. The Kier molecular flexibility index (Phi) is 3.41. The first-order valence-electron chi connectivity index (χ1n) is 5.13. The van der Waals surface area contributed by atoms with E-state index in [1.165, 1.54) is 3.57 Å². The van der Waals surface area contributed by atoms with Gasteiger partial charge in [0.2, 0.25) is 0 Å². The second-order valence-corrected chi connectivity index (χ2v) is 5.24. The van der Waals surface area contributed by atoms with E-state index < -0.39 is 0 Å². The number of hydrogen-bond acceptors (Lipinski definition) is 2. The first-order valence-corrected chi connectivity index (χ1v) is 6.21. The minimum atomic E-state index is -0.313. The van der Waals surface area contributed by atoms with E-state index in [1.54, 1.807) is 0 Å². The van der Waals surface area contributed by atoms with Gasteiger partial charge in [0.15, 0.2) is 0 Å². The molecular formula is C12H13IO2. The summed E-state index contributed by atoms with van der Waals surface area (Å²) in [6.07, 6.45) is 1.41. The summed E-state index contributed by atoms with van der Waals surface area (Å²) in [7, 11) is 0. The first kappa shape index (κ1) is 11.1. The van der Waals surface area contributed by atoms with E-state index in [0.29, 0.717) is 19.3 Å². The zero-order valence-electron chi connectivity index (χ0n) is 8.32. The maximum absolute atomic E-state index is 11.7. The Morgan fingerprint density at radius 1 is 1.27 bits per heavy atom. The summed E-state index contributed by atoms with van der Waals surface area (Å²) < 4.78 is 1.17. The fourth-order valence-corrected chi connectivity index (χ4v) is 2.38. The molecule has 1 N–H and O–H groups in total. The molecule has 1 fully saturated rings. The second-order valence-electron chi connectivity index (χ2n) is 4.00. The lowest BCUT2D eigenvalue weighted by Crippen LogP contribution is -2.26. The molecule has 0 radical (unpaired) electrons. The van der Waals surface area contributed by atoms with Gasteiger partial charge < -0.3 is 5.11 Å². The number of aliphatic hydroxyl groups excluding tert-OH is 1. The van der Waals surface area contributed by atoms with Gasteiger partial charge in [0, 0.05) is 15.9 Å². The van der Waals surface area contributed by atoms with Gasteiger partial charge in [-0.1, -0.05) is 12.1 Å². The van der Waals surface area contributed by atoms with E-state index in [0.717, 1.165) is 5.56 Å². The van der Waals surface area contributed by atoms with Gasteiger partial charge in [0.1, 0.15) is 5.78 Å². The number of carbonyl (C=O) groups is 1. The third-order valence-corrected chi connectivity index (χ3v) is 3.61.